The van der Waals surface area contributed by atoms with E-state index in [4.69, 9.17) is 4.74 Å². The topological polar surface area (TPSA) is 47.0 Å². The molecular weight excluding hydrogens is 386 g/mol. The standard InChI is InChI=1S/C14H15Br2N3O/c1-3-17-7-10-8-18-14(19-9(10)2)20-13-5-4-11(15)6-12(13)16/h4-6,8,17H,3,7H2,1-2H3. The first-order valence-corrected chi connectivity index (χ1v) is 7.85. The highest BCUT2D eigenvalue weighted by molar-refractivity contribution is 9.11. The Labute approximate surface area is 135 Å². The van der Waals surface area contributed by atoms with Gasteiger partial charge in [-0.1, -0.05) is 22.9 Å². The zero-order chi connectivity index (χ0) is 14.5. The van der Waals surface area contributed by atoms with Gasteiger partial charge in [0.2, 0.25) is 0 Å². The van der Waals surface area contributed by atoms with Crippen molar-refractivity contribution in [2.75, 3.05) is 6.54 Å². The Bertz CT molecular complexity index is 605. The SMILES string of the molecule is CCNCc1cnc(Oc2ccc(Br)cc2Br)nc1C. The van der Waals surface area contributed by atoms with Gasteiger partial charge in [-0.05, 0) is 47.6 Å². The summed E-state index contributed by atoms with van der Waals surface area (Å²) < 4.78 is 7.53. The Balaban J connectivity index is 2.15. The van der Waals surface area contributed by atoms with Gasteiger partial charge in [-0.2, -0.15) is 4.98 Å². The highest BCUT2D eigenvalue weighted by Crippen LogP contribution is 2.30. The first-order chi connectivity index (χ1) is 9.60. The van der Waals surface area contributed by atoms with E-state index in [1.54, 1.807) is 6.20 Å². The Morgan fingerprint density at radius 1 is 1.30 bits per heavy atom. The summed E-state index contributed by atoms with van der Waals surface area (Å²) in [6, 6.07) is 6.04. The average Bonchev–Trinajstić information content (AvgIpc) is 2.41. The van der Waals surface area contributed by atoms with Gasteiger partial charge in [0.25, 0.3) is 0 Å². The quantitative estimate of drug-likeness (QED) is 0.816. The number of nitrogens with one attached hydrogen (secondary N) is 1. The largest absolute Gasteiger partial charge is 0.423 e. The number of rotatable bonds is 5. The molecule has 1 aromatic carbocycles. The lowest BCUT2D eigenvalue weighted by Crippen LogP contribution is -2.13. The number of nitrogens with zero attached hydrogens (tertiary/aromatic N) is 2. The summed E-state index contributed by atoms with van der Waals surface area (Å²) in [5, 5.41) is 3.26. The predicted molar refractivity (Wildman–Crippen MR) is 86.1 cm³/mol. The van der Waals surface area contributed by atoms with Gasteiger partial charge in [0.15, 0.2) is 0 Å². The number of halogens is 2. The molecule has 106 valence electrons. The highest BCUT2D eigenvalue weighted by Gasteiger charge is 2.08. The second-order valence-corrected chi connectivity index (χ2v) is 5.99. The molecule has 0 fully saturated rings. The zero-order valence-electron chi connectivity index (χ0n) is 11.3. The number of aromatic nitrogens is 2. The molecule has 0 bridgehead atoms. The minimum Gasteiger partial charge on any atom is -0.423 e. The molecule has 0 spiro atoms. The van der Waals surface area contributed by atoms with Crippen LogP contribution in [0.15, 0.2) is 33.3 Å². The van der Waals surface area contributed by atoms with E-state index in [9.17, 15) is 0 Å². The van der Waals surface area contributed by atoms with Gasteiger partial charge in [-0.15, -0.1) is 0 Å². The molecule has 0 radical (unpaired) electrons. The van der Waals surface area contributed by atoms with Gasteiger partial charge in [-0.3, -0.25) is 0 Å². The third kappa shape index (κ3) is 4.01. The monoisotopic (exact) mass is 399 g/mol. The van der Waals surface area contributed by atoms with E-state index in [0.717, 1.165) is 33.3 Å². The average molecular weight is 401 g/mol. The van der Waals surface area contributed by atoms with Crippen molar-refractivity contribution in [3.63, 3.8) is 0 Å². The molecule has 0 amide bonds. The molecule has 2 rings (SSSR count). The maximum Gasteiger partial charge on any atom is 0.322 e. The van der Waals surface area contributed by atoms with Gasteiger partial charge in [0, 0.05) is 28.5 Å². The van der Waals surface area contributed by atoms with Gasteiger partial charge in [0.1, 0.15) is 5.75 Å². The van der Waals surface area contributed by atoms with Crippen LogP contribution in [0.2, 0.25) is 0 Å². The van der Waals surface area contributed by atoms with Crippen molar-refractivity contribution in [3.8, 4) is 11.8 Å². The lowest BCUT2D eigenvalue weighted by atomic mass is 10.2. The van der Waals surface area contributed by atoms with Crippen molar-refractivity contribution < 1.29 is 4.74 Å². The molecule has 1 aromatic heterocycles. The lowest BCUT2D eigenvalue weighted by Gasteiger charge is -2.09. The smallest absolute Gasteiger partial charge is 0.322 e. The van der Waals surface area contributed by atoms with E-state index in [1.807, 2.05) is 25.1 Å². The van der Waals surface area contributed by atoms with Crippen molar-refractivity contribution in [2.45, 2.75) is 20.4 Å². The number of hydrogen-bond donors (Lipinski definition) is 1. The van der Waals surface area contributed by atoms with E-state index < -0.39 is 0 Å². The summed E-state index contributed by atoms with van der Waals surface area (Å²) in [5.74, 6) is 0.687. The van der Waals surface area contributed by atoms with Crippen LogP contribution in [-0.2, 0) is 6.54 Å². The minimum atomic E-state index is 0.353. The van der Waals surface area contributed by atoms with Crippen LogP contribution in [0.5, 0.6) is 11.8 Å². The number of aryl methyl sites for hydroxylation is 1. The molecule has 0 unspecified atom stereocenters. The van der Waals surface area contributed by atoms with Crippen LogP contribution in [0.25, 0.3) is 0 Å². The molecule has 2 aromatic rings. The van der Waals surface area contributed by atoms with Crippen LogP contribution in [0, 0.1) is 6.92 Å². The van der Waals surface area contributed by atoms with Crippen LogP contribution in [-0.4, -0.2) is 16.5 Å². The van der Waals surface area contributed by atoms with Crippen LogP contribution in [0.1, 0.15) is 18.2 Å². The van der Waals surface area contributed by atoms with Gasteiger partial charge < -0.3 is 10.1 Å². The molecule has 0 saturated heterocycles. The Hall–Kier alpha value is -0.980. The normalized spacial score (nSPS) is 10.6. The van der Waals surface area contributed by atoms with Crippen LogP contribution >= 0.6 is 31.9 Å². The maximum absolute atomic E-state index is 5.69. The third-order valence-electron chi connectivity index (χ3n) is 2.72. The Kier molecular flexibility index (Phi) is 5.51. The fraction of sp³-hybridized carbons (Fsp3) is 0.286. The van der Waals surface area contributed by atoms with Crippen molar-refractivity contribution in [2.24, 2.45) is 0 Å². The number of ether oxygens (including phenoxy) is 1. The molecule has 1 heterocycles. The van der Waals surface area contributed by atoms with Crippen LogP contribution in [0.4, 0.5) is 0 Å². The summed E-state index contributed by atoms with van der Waals surface area (Å²) in [7, 11) is 0. The Morgan fingerprint density at radius 3 is 2.75 bits per heavy atom. The second kappa shape index (κ2) is 7.15. The molecular formula is C14H15Br2N3O. The summed E-state index contributed by atoms with van der Waals surface area (Å²) >= 11 is 6.85. The van der Waals surface area contributed by atoms with Crippen molar-refractivity contribution in [3.05, 3.63) is 44.6 Å². The highest BCUT2D eigenvalue weighted by atomic mass is 79.9. The number of hydrogen-bond acceptors (Lipinski definition) is 4. The maximum atomic E-state index is 5.69. The van der Waals surface area contributed by atoms with Crippen molar-refractivity contribution >= 4 is 31.9 Å². The molecule has 1 N–H and O–H groups in total. The first kappa shape index (κ1) is 15.4. The first-order valence-electron chi connectivity index (χ1n) is 6.26. The molecule has 0 aliphatic rings. The molecule has 0 atom stereocenters. The van der Waals surface area contributed by atoms with Gasteiger partial charge >= 0.3 is 6.01 Å². The van der Waals surface area contributed by atoms with E-state index in [1.165, 1.54) is 0 Å². The van der Waals surface area contributed by atoms with E-state index in [-0.39, 0.29) is 0 Å². The van der Waals surface area contributed by atoms with E-state index >= 15 is 0 Å². The zero-order valence-corrected chi connectivity index (χ0v) is 14.5. The minimum absolute atomic E-state index is 0.353. The summed E-state index contributed by atoms with van der Waals surface area (Å²) in [6.07, 6.45) is 1.80. The van der Waals surface area contributed by atoms with Crippen molar-refractivity contribution in [1.82, 2.24) is 15.3 Å². The molecule has 0 aliphatic carbocycles. The fourth-order valence-electron chi connectivity index (χ4n) is 1.61. The summed E-state index contributed by atoms with van der Waals surface area (Å²) in [5.41, 5.74) is 2.00. The lowest BCUT2D eigenvalue weighted by molar-refractivity contribution is 0.436. The molecule has 0 aliphatic heterocycles. The van der Waals surface area contributed by atoms with Gasteiger partial charge in [-0.25, -0.2) is 4.98 Å². The molecule has 0 saturated carbocycles. The fourth-order valence-corrected chi connectivity index (χ4v) is 2.74. The van der Waals surface area contributed by atoms with Gasteiger partial charge in [0.05, 0.1) is 4.47 Å². The summed E-state index contributed by atoms with van der Waals surface area (Å²) in [6.45, 7) is 5.71. The molecule has 6 heteroatoms. The number of benzene rings is 1. The molecule has 20 heavy (non-hydrogen) atoms. The summed E-state index contributed by atoms with van der Waals surface area (Å²) in [4.78, 5) is 8.62. The van der Waals surface area contributed by atoms with E-state index in [0.29, 0.717) is 11.8 Å². The molecule has 4 nitrogen and oxygen atoms in total. The predicted octanol–water partition coefficient (Wildman–Crippen LogP) is 4.21. The van der Waals surface area contributed by atoms with Crippen LogP contribution in [0.3, 0.4) is 0 Å². The van der Waals surface area contributed by atoms with E-state index in [2.05, 4.69) is 54.1 Å². The van der Waals surface area contributed by atoms with Crippen LogP contribution < -0.4 is 10.1 Å². The third-order valence-corrected chi connectivity index (χ3v) is 3.83. The second-order valence-electron chi connectivity index (χ2n) is 4.22. The van der Waals surface area contributed by atoms with Crippen molar-refractivity contribution in [1.29, 1.82) is 0 Å². The Morgan fingerprint density at radius 2 is 2.10 bits per heavy atom.